The van der Waals surface area contributed by atoms with Crippen molar-refractivity contribution in [3.63, 3.8) is 0 Å². The Kier molecular flexibility index (Phi) is 8.26. The predicted molar refractivity (Wildman–Crippen MR) is 88.2 cm³/mol. The van der Waals surface area contributed by atoms with Gasteiger partial charge < -0.3 is 10.1 Å². The zero-order valence-corrected chi connectivity index (χ0v) is 14.6. The topological polar surface area (TPSA) is 38.3 Å². The van der Waals surface area contributed by atoms with Gasteiger partial charge in [0.1, 0.15) is 0 Å². The number of hydrogen-bond donors (Lipinski definition) is 1. The fraction of sp³-hybridized carbons (Fsp3) is 0.533. The highest BCUT2D eigenvalue weighted by Gasteiger charge is 2.13. The first kappa shape index (κ1) is 17.5. The Labute approximate surface area is 134 Å². The summed E-state index contributed by atoms with van der Waals surface area (Å²) in [5, 5.41) is 2.84. The molecule has 0 aromatic heterocycles. The number of benzene rings is 1. The largest absolute Gasteiger partial charge is 0.379 e. The van der Waals surface area contributed by atoms with Crippen molar-refractivity contribution in [2.45, 2.75) is 43.4 Å². The predicted octanol–water partition coefficient (Wildman–Crippen LogP) is 3.86. The Hall–Kier alpha value is -0.520. The van der Waals surface area contributed by atoms with Crippen LogP contribution in [0.1, 0.15) is 27.2 Å². The molecule has 112 valence electrons. The molecule has 0 bridgehead atoms. The van der Waals surface area contributed by atoms with Crippen LogP contribution in [0.4, 0.5) is 0 Å². The molecular formula is C15H22BrNO2S. The minimum atomic E-state index is -0.0952. The zero-order chi connectivity index (χ0) is 15.0. The SMILES string of the molecule is CC(C)OCCCNC(=O)C(C)Sc1ccc(Br)cc1. The van der Waals surface area contributed by atoms with Crippen LogP contribution in [-0.2, 0) is 9.53 Å². The maximum absolute atomic E-state index is 11.9. The quantitative estimate of drug-likeness (QED) is 0.565. The molecule has 0 spiro atoms. The maximum Gasteiger partial charge on any atom is 0.233 e. The highest BCUT2D eigenvalue weighted by atomic mass is 79.9. The van der Waals surface area contributed by atoms with Crippen molar-refractivity contribution < 1.29 is 9.53 Å². The third-order valence-electron chi connectivity index (χ3n) is 2.57. The monoisotopic (exact) mass is 359 g/mol. The summed E-state index contributed by atoms with van der Waals surface area (Å²) < 4.78 is 6.48. The fourth-order valence-corrected chi connectivity index (χ4v) is 2.67. The number of carbonyl (C=O) groups excluding carboxylic acids is 1. The number of rotatable bonds is 8. The molecule has 1 unspecified atom stereocenters. The number of halogens is 1. The summed E-state index contributed by atoms with van der Waals surface area (Å²) in [6.45, 7) is 7.29. The molecule has 0 radical (unpaired) electrons. The van der Waals surface area contributed by atoms with Gasteiger partial charge in [-0.15, -0.1) is 11.8 Å². The van der Waals surface area contributed by atoms with Crippen LogP contribution in [0.2, 0.25) is 0 Å². The van der Waals surface area contributed by atoms with E-state index in [4.69, 9.17) is 4.74 Å². The van der Waals surface area contributed by atoms with Crippen LogP contribution < -0.4 is 5.32 Å². The molecule has 1 rings (SSSR count). The zero-order valence-electron chi connectivity index (χ0n) is 12.2. The molecule has 0 saturated carbocycles. The summed E-state index contributed by atoms with van der Waals surface area (Å²) in [7, 11) is 0. The van der Waals surface area contributed by atoms with Crippen molar-refractivity contribution in [3.05, 3.63) is 28.7 Å². The van der Waals surface area contributed by atoms with Gasteiger partial charge in [0, 0.05) is 22.5 Å². The Balaban J connectivity index is 2.23. The van der Waals surface area contributed by atoms with Crippen molar-refractivity contribution >= 4 is 33.6 Å². The van der Waals surface area contributed by atoms with Crippen molar-refractivity contribution in [2.75, 3.05) is 13.2 Å². The molecule has 1 amide bonds. The van der Waals surface area contributed by atoms with Gasteiger partial charge >= 0.3 is 0 Å². The van der Waals surface area contributed by atoms with Gasteiger partial charge in [-0.3, -0.25) is 4.79 Å². The highest BCUT2D eigenvalue weighted by molar-refractivity contribution is 9.10. The molecule has 3 nitrogen and oxygen atoms in total. The van der Waals surface area contributed by atoms with Crippen molar-refractivity contribution in [1.82, 2.24) is 5.32 Å². The summed E-state index contributed by atoms with van der Waals surface area (Å²) in [6.07, 6.45) is 1.09. The molecular weight excluding hydrogens is 338 g/mol. The summed E-state index contributed by atoms with van der Waals surface area (Å²) in [4.78, 5) is 13.0. The highest BCUT2D eigenvalue weighted by Crippen LogP contribution is 2.24. The van der Waals surface area contributed by atoms with E-state index in [2.05, 4.69) is 21.2 Å². The second kappa shape index (κ2) is 9.42. The van der Waals surface area contributed by atoms with E-state index in [1.807, 2.05) is 45.0 Å². The second-order valence-corrected chi connectivity index (χ2v) is 7.11. The minimum Gasteiger partial charge on any atom is -0.379 e. The Bertz CT molecular complexity index is 409. The second-order valence-electron chi connectivity index (χ2n) is 4.78. The normalized spacial score (nSPS) is 12.4. The Morgan fingerprint density at radius 1 is 1.30 bits per heavy atom. The van der Waals surface area contributed by atoms with Gasteiger partial charge in [-0.05, 0) is 51.5 Å². The van der Waals surface area contributed by atoms with Crippen molar-refractivity contribution in [2.24, 2.45) is 0 Å². The van der Waals surface area contributed by atoms with Gasteiger partial charge in [0.2, 0.25) is 5.91 Å². The van der Waals surface area contributed by atoms with Crippen LogP contribution in [0.5, 0.6) is 0 Å². The molecule has 0 aliphatic rings. The molecule has 1 atom stereocenters. The average molecular weight is 360 g/mol. The van der Waals surface area contributed by atoms with E-state index in [9.17, 15) is 4.79 Å². The lowest BCUT2D eigenvalue weighted by atomic mass is 10.4. The third-order valence-corrected chi connectivity index (χ3v) is 4.21. The van der Waals surface area contributed by atoms with Crippen LogP contribution in [-0.4, -0.2) is 30.4 Å². The van der Waals surface area contributed by atoms with Crippen molar-refractivity contribution in [3.8, 4) is 0 Å². The van der Waals surface area contributed by atoms with E-state index in [0.717, 1.165) is 15.8 Å². The molecule has 0 aliphatic heterocycles. The van der Waals surface area contributed by atoms with Crippen LogP contribution in [0.3, 0.4) is 0 Å². The summed E-state index contributed by atoms with van der Waals surface area (Å²) in [6, 6.07) is 7.98. The third kappa shape index (κ3) is 7.31. The van der Waals surface area contributed by atoms with Crippen LogP contribution in [0.25, 0.3) is 0 Å². The van der Waals surface area contributed by atoms with E-state index in [0.29, 0.717) is 13.2 Å². The number of hydrogen-bond acceptors (Lipinski definition) is 3. The van der Waals surface area contributed by atoms with Gasteiger partial charge in [0.05, 0.1) is 11.4 Å². The lowest BCUT2D eigenvalue weighted by molar-refractivity contribution is -0.120. The van der Waals surface area contributed by atoms with Gasteiger partial charge in [-0.2, -0.15) is 0 Å². The van der Waals surface area contributed by atoms with Gasteiger partial charge in [0.15, 0.2) is 0 Å². The van der Waals surface area contributed by atoms with E-state index >= 15 is 0 Å². The summed E-state index contributed by atoms with van der Waals surface area (Å²) in [5.41, 5.74) is 0. The minimum absolute atomic E-state index is 0.0717. The molecule has 1 N–H and O–H groups in total. The summed E-state index contributed by atoms with van der Waals surface area (Å²) in [5.74, 6) is 0.0717. The Morgan fingerprint density at radius 2 is 1.95 bits per heavy atom. The number of ether oxygens (including phenoxy) is 1. The van der Waals surface area contributed by atoms with E-state index in [1.165, 1.54) is 0 Å². The number of thioether (sulfide) groups is 1. The number of amides is 1. The van der Waals surface area contributed by atoms with E-state index in [1.54, 1.807) is 11.8 Å². The first-order valence-electron chi connectivity index (χ1n) is 6.80. The van der Waals surface area contributed by atoms with E-state index < -0.39 is 0 Å². The van der Waals surface area contributed by atoms with Gasteiger partial charge in [-0.1, -0.05) is 15.9 Å². The molecule has 0 aliphatic carbocycles. The maximum atomic E-state index is 11.9. The standard InChI is InChI=1S/C15H22BrNO2S/c1-11(2)19-10-4-9-17-15(18)12(3)20-14-7-5-13(16)6-8-14/h5-8,11-12H,4,9-10H2,1-3H3,(H,17,18). The lowest BCUT2D eigenvalue weighted by Crippen LogP contribution is -2.32. The molecule has 0 heterocycles. The van der Waals surface area contributed by atoms with Crippen LogP contribution in [0.15, 0.2) is 33.6 Å². The molecule has 1 aromatic rings. The first-order valence-corrected chi connectivity index (χ1v) is 8.48. The Morgan fingerprint density at radius 3 is 2.55 bits per heavy atom. The molecule has 0 saturated heterocycles. The van der Waals surface area contributed by atoms with Gasteiger partial charge in [0.25, 0.3) is 0 Å². The van der Waals surface area contributed by atoms with E-state index in [-0.39, 0.29) is 17.3 Å². The molecule has 1 aromatic carbocycles. The van der Waals surface area contributed by atoms with Gasteiger partial charge in [-0.25, -0.2) is 0 Å². The van der Waals surface area contributed by atoms with Crippen LogP contribution in [0, 0.1) is 0 Å². The average Bonchev–Trinajstić information content (AvgIpc) is 2.40. The lowest BCUT2D eigenvalue weighted by Gasteiger charge is -2.12. The molecule has 20 heavy (non-hydrogen) atoms. The molecule has 5 heteroatoms. The first-order chi connectivity index (χ1) is 9.49. The fourth-order valence-electron chi connectivity index (χ4n) is 1.52. The van der Waals surface area contributed by atoms with Crippen LogP contribution >= 0.6 is 27.7 Å². The molecule has 0 fully saturated rings. The van der Waals surface area contributed by atoms with Crippen molar-refractivity contribution in [1.29, 1.82) is 0 Å². The number of nitrogens with one attached hydrogen (secondary N) is 1. The smallest absolute Gasteiger partial charge is 0.233 e. The summed E-state index contributed by atoms with van der Waals surface area (Å²) >= 11 is 4.96. The number of carbonyl (C=O) groups is 1.